The molecule has 1 N–H and O–H groups in total. The molecule has 0 bridgehead atoms. The lowest BCUT2D eigenvalue weighted by Gasteiger charge is -2.19. The third kappa shape index (κ3) is 2.66. The van der Waals surface area contributed by atoms with E-state index in [1.165, 1.54) is 11.7 Å². The first kappa shape index (κ1) is 14.1. The van der Waals surface area contributed by atoms with Crippen molar-refractivity contribution in [3.05, 3.63) is 47.0 Å². The van der Waals surface area contributed by atoms with Crippen molar-refractivity contribution in [1.82, 2.24) is 8.75 Å². The molecule has 1 heterocycles. The van der Waals surface area contributed by atoms with E-state index < -0.39 is 0 Å². The van der Waals surface area contributed by atoms with E-state index in [1.54, 1.807) is 7.11 Å². The summed E-state index contributed by atoms with van der Waals surface area (Å²) in [5.74, 6) is 0.845. The molecule has 0 aliphatic heterocycles. The van der Waals surface area contributed by atoms with Gasteiger partial charge in [0.25, 0.3) is 0 Å². The van der Waals surface area contributed by atoms with Crippen LogP contribution in [-0.4, -0.2) is 15.9 Å². The molecule has 0 fully saturated rings. The smallest absolute Gasteiger partial charge is 0.129 e. The molecule has 21 heavy (non-hydrogen) atoms. The van der Waals surface area contributed by atoms with Crippen LogP contribution in [0.15, 0.2) is 36.4 Å². The summed E-state index contributed by atoms with van der Waals surface area (Å²) in [5.41, 5.74) is 3.52. The molecule has 1 unspecified atom stereocenters. The molecular formula is C15H14ClN3OS. The molecule has 0 radical (unpaired) electrons. The summed E-state index contributed by atoms with van der Waals surface area (Å²) in [6.07, 6.45) is 0. The van der Waals surface area contributed by atoms with Gasteiger partial charge in [-0.3, -0.25) is 0 Å². The predicted octanol–water partition coefficient (Wildman–Crippen LogP) is 4.53. The van der Waals surface area contributed by atoms with E-state index in [9.17, 15) is 0 Å². The third-order valence-corrected chi connectivity index (χ3v) is 4.20. The number of hydrogen-bond donors (Lipinski definition) is 1. The van der Waals surface area contributed by atoms with Gasteiger partial charge in [0.15, 0.2) is 0 Å². The summed E-state index contributed by atoms with van der Waals surface area (Å²) >= 11 is 7.49. The monoisotopic (exact) mass is 319 g/mol. The number of rotatable bonds is 4. The Morgan fingerprint density at radius 3 is 2.81 bits per heavy atom. The fourth-order valence-electron chi connectivity index (χ4n) is 2.28. The lowest BCUT2D eigenvalue weighted by atomic mass is 10.1. The van der Waals surface area contributed by atoms with Crippen molar-refractivity contribution in [2.45, 2.75) is 13.0 Å². The summed E-state index contributed by atoms with van der Waals surface area (Å²) in [6.45, 7) is 2.06. The molecule has 2 aromatic carbocycles. The summed E-state index contributed by atoms with van der Waals surface area (Å²) < 4.78 is 14.0. The van der Waals surface area contributed by atoms with E-state index in [-0.39, 0.29) is 6.04 Å². The van der Waals surface area contributed by atoms with Crippen LogP contribution in [0.1, 0.15) is 18.5 Å². The van der Waals surface area contributed by atoms with Crippen LogP contribution in [0.5, 0.6) is 5.75 Å². The minimum atomic E-state index is 0.0333. The lowest BCUT2D eigenvalue weighted by molar-refractivity contribution is 0.408. The molecule has 108 valence electrons. The van der Waals surface area contributed by atoms with Gasteiger partial charge < -0.3 is 10.1 Å². The Balaban J connectivity index is 1.98. The highest BCUT2D eigenvalue weighted by molar-refractivity contribution is 7.00. The minimum Gasteiger partial charge on any atom is -0.496 e. The van der Waals surface area contributed by atoms with Crippen LogP contribution in [0.2, 0.25) is 5.02 Å². The fourth-order valence-corrected chi connectivity index (χ4v) is 3.03. The van der Waals surface area contributed by atoms with Crippen molar-refractivity contribution >= 4 is 40.0 Å². The second-order valence-corrected chi connectivity index (χ2v) is 5.60. The Bertz CT molecular complexity index is 774. The van der Waals surface area contributed by atoms with Gasteiger partial charge in [-0.25, -0.2) is 0 Å². The Morgan fingerprint density at radius 1 is 1.19 bits per heavy atom. The van der Waals surface area contributed by atoms with Gasteiger partial charge in [0.1, 0.15) is 16.8 Å². The number of halogens is 1. The number of benzene rings is 2. The van der Waals surface area contributed by atoms with Crippen LogP contribution in [0.4, 0.5) is 5.69 Å². The van der Waals surface area contributed by atoms with Crippen LogP contribution in [0.25, 0.3) is 11.0 Å². The van der Waals surface area contributed by atoms with Gasteiger partial charge in [0.2, 0.25) is 0 Å². The standard InChI is InChI=1S/C15H14ClN3OS/c1-9(10-5-3-4-6-13(10)20-2)17-14-11(16)7-8-12-15(14)19-21-18-12/h3-9,17H,1-2H3. The first-order valence-corrected chi connectivity index (χ1v) is 7.61. The van der Waals surface area contributed by atoms with Crippen molar-refractivity contribution in [2.75, 3.05) is 12.4 Å². The Kier molecular flexibility index (Phi) is 3.94. The minimum absolute atomic E-state index is 0.0333. The molecule has 4 nitrogen and oxygen atoms in total. The van der Waals surface area contributed by atoms with Crippen LogP contribution in [0, 0.1) is 0 Å². The Labute approximate surface area is 132 Å². The zero-order valence-corrected chi connectivity index (χ0v) is 13.2. The number of methoxy groups -OCH3 is 1. The SMILES string of the molecule is COc1ccccc1C(C)Nc1c(Cl)ccc2nsnc12. The van der Waals surface area contributed by atoms with Crippen molar-refractivity contribution in [3.8, 4) is 5.75 Å². The molecule has 3 aromatic rings. The highest BCUT2D eigenvalue weighted by atomic mass is 35.5. The molecule has 0 saturated carbocycles. The maximum absolute atomic E-state index is 6.31. The molecule has 0 amide bonds. The van der Waals surface area contributed by atoms with Gasteiger partial charge in [-0.2, -0.15) is 8.75 Å². The summed E-state index contributed by atoms with van der Waals surface area (Å²) in [6, 6.07) is 11.7. The highest BCUT2D eigenvalue weighted by Gasteiger charge is 2.15. The molecule has 3 rings (SSSR count). The van der Waals surface area contributed by atoms with E-state index >= 15 is 0 Å². The number of para-hydroxylation sites is 1. The molecule has 0 aliphatic rings. The number of hydrogen-bond acceptors (Lipinski definition) is 5. The quantitative estimate of drug-likeness (QED) is 0.767. The lowest BCUT2D eigenvalue weighted by Crippen LogP contribution is -2.09. The summed E-state index contributed by atoms with van der Waals surface area (Å²) in [5, 5.41) is 4.06. The fraction of sp³-hybridized carbons (Fsp3) is 0.200. The van der Waals surface area contributed by atoms with E-state index in [4.69, 9.17) is 16.3 Å². The first-order chi connectivity index (χ1) is 10.2. The maximum atomic E-state index is 6.31. The molecule has 1 aromatic heterocycles. The average molecular weight is 320 g/mol. The van der Waals surface area contributed by atoms with Crippen molar-refractivity contribution in [3.63, 3.8) is 0 Å². The topological polar surface area (TPSA) is 47.0 Å². The van der Waals surface area contributed by atoms with E-state index in [0.29, 0.717) is 5.02 Å². The number of ether oxygens (including phenoxy) is 1. The maximum Gasteiger partial charge on any atom is 0.129 e. The van der Waals surface area contributed by atoms with Crippen LogP contribution < -0.4 is 10.1 Å². The average Bonchev–Trinajstić information content (AvgIpc) is 2.98. The largest absolute Gasteiger partial charge is 0.496 e. The molecule has 0 spiro atoms. The molecular weight excluding hydrogens is 306 g/mol. The van der Waals surface area contributed by atoms with Crippen molar-refractivity contribution in [2.24, 2.45) is 0 Å². The van der Waals surface area contributed by atoms with Gasteiger partial charge in [0.05, 0.1) is 35.6 Å². The second kappa shape index (κ2) is 5.87. The molecule has 6 heteroatoms. The Hall–Kier alpha value is -1.85. The van der Waals surface area contributed by atoms with E-state index in [0.717, 1.165) is 28.0 Å². The first-order valence-electron chi connectivity index (χ1n) is 6.51. The van der Waals surface area contributed by atoms with Gasteiger partial charge >= 0.3 is 0 Å². The number of anilines is 1. The number of nitrogens with zero attached hydrogens (tertiary/aromatic N) is 2. The summed E-state index contributed by atoms with van der Waals surface area (Å²) in [4.78, 5) is 0. The van der Waals surface area contributed by atoms with Gasteiger partial charge in [0, 0.05) is 5.56 Å². The van der Waals surface area contributed by atoms with Crippen molar-refractivity contribution in [1.29, 1.82) is 0 Å². The van der Waals surface area contributed by atoms with E-state index in [2.05, 4.69) is 21.0 Å². The van der Waals surface area contributed by atoms with Gasteiger partial charge in [-0.1, -0.05) is 29.8 Å². The molecule has 1 atom stereocenters. The van der Waals surface area contributed by atoms with Gasteiger partial charge in [-0.05, 0) is 25.1 Å². The third-order valence-electron chi connectivity index (χ3n) is 3.34. The van der Waals surface area contributed by atoms with E-state index in [1.807, 2.05) is 36.4 Å². The number of fused-ring (bicyclic) bond motifs is 1. The van der Waals surface area contributed by atoms with Crippen LogP contribution in [-0.2, 0) is 0 Å². The summed E-state index contributed by atoms with van der Waals surface area (Å²) in [7, 11) is 1.67. The van der Waals surface area contributed by atoms with Crippen LogP contribution in [0.3, 0.4) is 0 Å². The predicted molar refractivity (Wildman–Crippen MR) is 87.5 cm³/mol. The van der Waals surface area contributed by atoms with Gasteiger partial charge in [-0.15, -0.1) is 0 Å². The zero-order chi connectivity index (χ0) is 14.8. The highest BCUT2D eigenvalue weighted by Crippen LogP contribution is 2.34. The zero-order valence-electron chi connectivity index (χ0n) is 11.6. The second-order valence-electron chi connectivity index (χ2n) is 4.66. The van der Waals surface area contributed by atoms with Crippen LogP contribution >= 0.6 is 23.3 Å². The Morgan fingerprint density at radius 2 is 2.00 bits per heavy atom. The normalized spacial score (nSPS) is 12.3. The molecule has 0 aliphatic carbocycles. The number of nitrogens with one attached hydrogen (secondary N) is 1. The number of aromatic nitrogens is 2. The molecule has 0 saturated heterocycles. The van der Waals surface area contributed by atoms with Crippen molar-refractivity contribution < 1.29 is 4.74 Å².